The molecule has 4 aromatic carbocycles. The first kappa shape index (κ1) is 21.6. The number of phenols is 1. The van der Waals surface area contributed by atoms with Gasteiger partial charge in [0.25, 0.3) is 0 Å². The fourth-order valence-electron chi connectivity index (χ4n) is 3.43. The van der Waals surface area contributed by atoms with E-state index in [4.69, 9.17) is 16.0 Å². The van der Waals surface area contributed by atoms with E-state index in [1.54, 1.807) is 36.5 Å². The molecule has 0 bridgehead atoms. The van der Waals surface area contributed by atoms with Crippen LogP contribution in [0.3, 0.4) is 0 Å². The van der Waals surface area contributed by atoms with Crippen molar-refractivity contribution in [2.24, 2.45) is 15.2 Å². The predicted octanol–water partition coefficient (Wildman–Crippen LogP) is 8.33. The van der Waals surface area contributed by atoms with Crippen molar-refractivity contribution in [3.05, 3.63) is 101 Å². The molecule has 0 aliphatic heterocycles. The Bertz CT molecular complexity index is 1520. The minimum Gasteiger partial charge on any atom is -0.507 e. The van der Waals surface area contributed by atoms with E-state index in [0.29, 0.717) is 27.9 Å². The lowest BCUT2D eigenvalue weighted by molar-refractivity contribution is 0.474. The van der Waals surface area contributed by atoms with Crippen molar-refractivity contribution in [3.8, 4) is 17.2 Å². The lowest BCUT2D eigenvalue weighted by Crippen LogP contribution is -1.84. The summed E-state index contributed by atoms with van der Waals surface area (Å²) >= 11 is 5.99. The Morgan fingerprint density at radius 3 is 2.50 bits per heavy atom. The molecule has 166 valence electrons. The number of halogens is 1. The van der Waals surface area contributed by atoms with Gasteiger partial charge in [0, 0.05) is 22.4 Å². The maximum Gasteiger partial charge on any atom is 0.227 e. The van der Waals surface area contributed by atoms with Crippen LogP contribution in [0.5, 0.6) is 5.75 Å². The van der Waals surface area contributed by atoms with Gasteiger partial charge in [0.05, 0.1) is 17.1 Å². The Labute approximate surface area is 200 Å². The molecule has 0 aliphatic carbocycles. The zero-order valence-corrected chi connectivity index (χ0v) is 18.9. The third-order valence-corrected chi connectivity index (χ3v) is 5.42. The number of para-hydroxylation sites is 2. The van der Waals surface area contributed by atoms with Crippen molar-refractivity contribution < 1.29 is 9.52 Å². The quantitative estimate of drug-likeness (QED) is 0.209. The number of aromatic hydroxyl groups is 1. The highest BCUT2D eigenvalue weighted by Crippen LogP contribution is 2.30. The van der Waals surface area contributed by atoms with Crippen molar-refractivity contribution in [1.29, 1.82) is 0 Å². The van der Waals surface area contributed by atoms with Gasteiger partial charge in [-0.3, -0.25) is 4.99 Å². The molecule has 1 N–H and O–H groups in total. The number of aryl methyl sites for hydroxylation is 1. The van der Waals surface area contributed by atoms with Crippen LogP contribution in [0.2, 0.25) is 5.02 Å². The molecule has 1 heterocycles. The van der Waals surface area contributed by atoms with Crippen LogP contribution in [0.25, 0.3) is 22.6 Å². The van der Waals surface area contributed by atoms with Crippen LogP contribution in [-0.2, 0) is 0 Å². The maximum absolute atomic E-state index is 10.3. The Morgan fingerprint density at radius 2 is 1.71 bits per heavy atom. The van der Waals surface area contributed by atoms with Gasteiger partial charge in [0.15, 0.2) is 5.58 Å². The van der Waals surface area contributed by atoms with Crippen molar-refractivity contribution >= 4 is 46.0 Å². The predicted molar refractivity (Wildman–Crippen MR) is 135 cm³/mol. The van der Waals surface area contributed by atoms with E-state index in [0.717, 1.165) is 27.9 Å². The Kier molecular flexibility index (Phi) is 5.89. The standard InChI is InChI=1S/C27H19ClN4O2/c1-17-13-18(27-30-24-7-2-3-8-26(24)34-27)9-11-23(17)29-16-19-14-22(10-12-25(19)33)32-31-21-6-4-5-20(28)15-21/h2-16,33H,1H3. The van der Waals surface area contributed by atoms with E-state index in [2.05, 4.69) is 20.2 Å². The molecule has 0 spiro atoms. The number of fused-ring (bicyclic) bond motifs is 1. The zero-order chi connectivity index (χ0) is 23.5. The van der Waals surface area contributed by atoms with E-state index in [9.17, 15) is 5.11 Å². The Hall–Kier alpha value is -4.29. The van der Waals surface area contributed by atoms with Gasteiger partial charge in [0.2, 0.25) is 5.89 Å². The molecule has 0 aliphatic rings. The van der Waals surface area contributed by atoms with Crippen LogP contribution in [0.1, 0.15) is 11.1 Å². The molecule has 34 heavy (non-hydrogen) atoms. The van der Waals surface area contributed by atoms with Crippen molar-refractivity contribution in [2.75, 3.05) is 0 Å². The summed E-state index contributed by atoms with van der Waals surface area (Å²) in [6.07, 6.45) is 1.61. The molecular formula is C27H19ClN4O2. The zero-order valence-electron chi connectivity index (χ0n) is 18.2. The number of azo groups is 1. The summed E-state index contributed by atoms with van der Waals surface area (Å²) in [5.74, 6) is 0.668. The molecule has 7 heteroatoms. The van der Waals surface area contributed by atoms with Crippen LogP contribution < -0.4 is 0 Å². The van der Waals surface area contributed by atoms with E-state index < -0.39 is 0 Å². The van der Waals surface area contributed by atoms with Crippen molar-refractivity contribution in [1.82, 2.24) is 4.98 Å². The van der Waals surface area contributed by atoms with Gasteiger partial charge in [-0.1, -0.05) is 29.8 Å². The second-order valence-electron chi connectivity index (χ2n) is 7.67. The van der Waals surface area contributed by atoms with E-state index in [-0.39, 0.29) is 5.75 Å². The number of rotatable bonds is 5. The van der Waals surface area contributed by atoms with Gasteiger partial charge in [-0.25, -0.2) is 4.98 Å². The summed E-state index contributed by atoms with van der Waals surface area (Å²) in [6, 6.07) is 25.5. The van der Waals surface area contributed by atoms with Crippen LogP contribution in [-0.4, -0.2) is 16.3 Å². The normalized spacial score (nSPS) is 11.7. The van der Waals surface area contributed by atoms with Crippen molar-refractivity contribution in [3.63, 3.8) is 0 Å². The molecule has 0 saturated heterocycles. The number of aromatic nitrogens is 1. The number of oxazole rings is 1. The number of nitrogens with zero attached hydrogens (tertiary/aromatic N) is 4. The molecule has 0 atom stereocenters. The molecule has 0 unspecified atom stereocenters. The lowest BCUT2D eigenvalue weighted by Gasteiger charge is -2.04. The van der Waals surface area contributed by atoms with Gasteiger partial charge in [0.1, 0.15) is 11.3 Å². The largest absolute Gasteiger partial charge is 0.507 e. The highest BCUT2D eigenvalue weighted by molar-refractivity contribution is 6.30. The number of benzene rings is 4. The molecule has 0 saturated carbocycles. The fraction of sp³-hybridized carbons (Fsp3) is 0.0370. The van der Waals surface area contributed by atoms with E-state index >= 15 is 0 Å². The van der Waals surface area contributed by atoms with Crippen LogP contribution in [0.15, 0.2) is 105 Å². The minimum absolute atomic E-state index is 0.103. The maximum atomic E-state index is 10.3. The topological polar surface area (TPSA) is 83.3 Å². The van der Waals surface area contributed by atoms with Gasteiger partial charge >= 0.3 is 0 Å². The summed E-state index contributed by atoms with van der Waals surface area (Å²) in [4.78, 5) is 9.11. The molecule has 0 fully saturated rings. The van der Waals surface area contributed by atoms with Gasteiger partial charge < -0.3 is 9.52 Å². The van der Waals surface area contributed by atoms with Crippen LogP contribution in [0, 0.1) is 6.92 Å². The van der Waals surface area contributed by atoms with Crippen molar-refractivity contribution in [2.45, 2.75) is 6.92 Å². The fourth-order valence-corrected chi connectivity index (χ4v) is 3.61. The number of phenolic OH excluding ortho intramolecular Hbond substituents is 1. The SMILES string of the molecule is Cc1cc(-c2nc3ccccc3o2)ccc1N=Cc1cc(N=Nc2cccc(Cl)c2)ccc1O. The number of aliphatic imine (C=N–C) groups is 1. The third kappa shape index (κ3) is 4.72. The number of hydrogen-bond acceptors (Lipinski definition) is 6. The molecule has 1 aromatic heterocycles. The monoisotopic (exact) mass is 466 g/mol. The summed E-state index contributed by atoms with van der Waals surface area (Å²) < 4.78 is 5.86. The van der Waals surface area contributed by atoms with Crippen LogP contribution >= 0.6 is 11.6 Å². The molecule has 5 aromatic rings. The Balaban J connectivity index is 1.37. The van der Waals surface area contributed by atoms with Gasteiger partial charge in [-0.05, 0) is 79.2 Å². The van der Waals surface area contributed by atoms with E-state index in [1.807, 2.05) is 61.5 Å². The highest BCUT2D eigenvalue weighted by atomic mass is 35.5. The molecular weight excluding hydrogens is 448 g/mol. The number of hydrogen-bond donors (Lipinski definition) is 1. The summed E-state index contributed by atoms with van der Waals surface area (Å²) in [6.45, 7) is 1.97. The van der Waals surface area contributed by atoms with Gasteiger partial charge in [-0.15, -0.1) is 0 Å². The first-order chi connectivity index (χ1) is 16.5. The average Bonchev–Trinajstić information content (AvgIpc) is 3.28. The summed E-state index contributed by atoms with van der Waals surface area (Å²) in [7, 11) is 0. The second kappa shape index (κ2) is 9.29. The smallest absolute Gasteiger partial charge is 0.227 e. The van der Waals surface area contributed by atoms with E-state index in [1.165, 1.54) is 0 Å². The lowest BCUT2D eigenvalue weighted by atomic mass is 10.1. The third-order valence-electron chi connectivity index (χ3n) is 5.18. The molecule has 0 amide bonds. The molecule has 5 rings (SSSR count). The minimum atomic E-state index is 0.103. The summed E-state index contributed by atoms with van der Waals surface area (Å²) in [5, 5.41) is 19.3. The first-order valence-electron chi connectivity index (χ1n) is 10.6. The summed E-state index contributed by atoms with van der Waals surface area (Å²) in [5.41, 5.74) is 5.93. The second-order valence-corrected chi connectivity index (χ2v) is 8.11. The average molecular weight is 467 g/mol. The van der Waals surface area contributed by atoms with Gasteiger partial charge in [-0.2, -0.15) is 10.2 Å². The molecule has 6 nitrogen and oxygen atoms in total. The highest BCUT2D eigenvalue weighted by Gasteiger charge is 2.09. The Morgan fingerprint density at radius 1 is 0.882 bits per heavy atom. The van der Waals surface area contributed by atoms with Crippen LogP contribution in [0.4, 0.5) is 17.1 Å². The first-order valence-corrected chi connectivity index (χ1v) is 10.9. The molecule has 0 radical (unpaired) electrons.